The number of carbonyl (C=O) groups is 1. The number of benzene rings is 1. The van der Waals surface area contributed by atoms with Crippen molar-refractivity contribution in [1.29, 1.82) is 0 Å². The van der Waals surface area contributed by atoms with E-state index < -0.39 is 41.8 Å². The number of rotatable bonds is 3. The highest BCUT2D eigenvalue weighted by atomic mass is 19.4. The Morgan fingerprint density at radius 2 is 1.75 bits per heavy atom. The van der Waals surface area contributed by atoms with Crippen LogP contribution in [0.15, 0.2) is 18.2 Å². The first-order valence-corrected chi connectivity index (χ1v) is 4.86. The molecule has 1 aromatic rings. The molecular weight excluding hydrogens is 299 g/mol. The Hall–Kier alpha value is -1.84. The van der Waals surface area contributed by atoms with Crippen molar-refractivity contribution in [2.75, 3.05) is 6.61 Å². The molecule has 1 N–H and O–H groups in total. The summed E-state index contributed by atoms with van der Waals surface area (Å²) in [6, 6.07) is 1.22. The molecule has 20 heavy (non-hydrogen) atoms. The predicted octanol–water partition coefficient (Wildman–Crippen LogP) is 3.07. The van der Waals surface area contributed by atoms with Crippen molar-refractivity contribution >= 4 is 5.91 Å². The van der Waals surface area contributed by atoms with Gasteiger partial charge < -0.3 is 0 Å². The van der Waals surface area contributed by atoms with E-state index in [4.69, 9.17) is 0 Å². The summed E-state index contributed by atoms with van der Waals surface area (Å²) in [4.78, 5) is 15.0. The Morgan fingerprint density at radius 3 is 2.25 bits per heavy atom. The molecule has 3 nitrogen and oxygen atoms in total. The number of halogens is 7. The molecule has 1 aromatic carbocycles. The average Bonchev–Trinajstić information content (AvgIpc) is 2.26. The summed E-state index contributed by atoms with van der Waals surface area (Å²) in [6.45, 7) is -1.81. The van der Waals surface area contributed by atoms with E-state index in [0.29, 0.717) is 12.1 Å². The van der Waals surface area contributed by atoms with Gasteiger partial charge in [0.25, 0.3) is 5.91 Å². The van der Waals surface area contributed by atoms with E-state index in [9.17, 15) is 35.5 Å². The van der Waals surface area contributed by atoms with Gasteiger partial charge in [0.05, 0.1) is 5.56 Å². The summed E-state index contributed by atoms with van der Waals surface area (Å²) in [5.41, 5.74) is -1.10. The zero-order valence-electron chi connectivity index (χ0n) is 9.40. The lowest BCUT2D eigenvalue weighted by Gasteiger charge is -2.11. The van der Waals surface area contributed by atoms with Crippen molar-refractivity contribution in [3.05, 3.63) is 35.1 Å². The fourth-order valence-electron chi connectivity index (χ4n) is 1.13. The molecule has 1 amide bonds. The van der Waals surface area contributed by atoms with Crippen molar-refractivity contribution in [2.24, 2.45) is 0 Å². The topological polar surface area (TPSA) is 38.3 Å². The molecule has 0 aromatic heterocycles. The molecule has 0 bridgehead atoms. The average molecular weight is 305 g/mol. The molecule has 10 heteroatoms. The molecule has 0 radical (unpaired) electrons. The quantitative estimate of drug-likeness (QED) is 0.688. The lowest BCUT2D eigenvalue weighted by Crippen LogP contribution is -2.29. The van der Waals surface area contributed by atoms with Crippen LogP contribution in [0.3, 0.4) is 0 Å². The van der Waals surface area contributed by atoms with E-state index in [2.05, 4.69) is 4.84 Å². The lowest BCUT2D eigenvalue weighted by atomic mass is 10.1. The van der Waals surface area contributed by atoms with Crippen molar-refractivity contribution in [1.82, 2.24) is 5.48 Å². The Labute approximate surface area is 107 Å². The summed E-state index contributed by atoms with van der Waals surface area (Å²) in [7, 11) is 0. The summed E-state index contributed by atoms with van der Waals surface area (Å²) in [6.07, 6.45) is -9.75. The van der Waals surface area contributed by atoms with Crippen LogP contribution in [-0.4, -0.2) is 18.7 Å². The Balaban J connectivity index is 2.80. The normalized spacial score (nSPS) is 12.3. The third-order valence-corrected chi connectivity index (χ3v) is 1.93. The van der Waals surface area contributed by atoms with E-state index in [-0.39, 0.29) is 6.07 Å². The second-order valence-corrected chi connectivity index (χ2v) is 3.53. The van der Waals surface area contributed by atoms with Gasteiger partial charge in [-0.05, 0) is 18.2 Å². The zero-order chi connectivity index (χ0) is 15.6. The molecular formula is C10H6F7NO2. The van der Waals surface area contributed by atoms with Gasteiger partial charge in [-0.25, -0.2) is 9.87 Å². The molecule has 0 aliphatic rings. The third-order valence-electron chi connectivity index (χ3n) is 1.93. The first-order chi connectivity index (χ1) is 9.00. The van der Waals surface area contributed by atoms with Crippen LogP contribution in [0.1, 0.15) is 15.9 Å². The van der Waals surface area contributed by atoms with Gasteiger partial charge in [-0.1, -0.05) is 0 Å². The molecule has 0 fully saturated rings. The summed E-state index contributed by atoms with van der Waals surface area (Å²) in [5, 5.41) is 0. The minimum Gasteiger partial charge on any atom is -0.267 e. The van der Waals surface area contributed by atoms with Crippen LogP contribution in [0.2, 0.25) is 0 Å². The van der Waals surface area contributed by atoms with Gasteiger partial charge >= 0.3 is 12.4 Å². The Morgan fingerprint density at radius 1 is 1.15 bits per heavy atom. The van der Waals surface area contributed by atoms with Gasteiger partial charge in [0.1, 0.15) is 5.82 Å². The van der Waals surface area contributed by atoms with Gasteiger partial charge in [-0.15, -0.1) is 0 Å². The SMILES string of the molecule is O=C(NOCC(F)(F)F)c1ccc(F)c(C(F)(F)F)c1. The highest BCUT2D eigenvalue weighted by molar-refractivity contribution is 5.93. The highest BCUT2D eigenvalue weighted by Gasteiger charge is 2.35. The number of amides is 1. The first-order valence-electron chi connectivity index (χ1n) is 4.86. The van der Waals surface area contributed by atoms with E-state index in [0.717, 1.165) is 0 Å². The molecule has 0 atom stereocenters. The standard InChI is InChI=1S/C10H6F7NO2/c11-7-2-1-5(3-6(7)10(15,16)17)8(19)18-20-4-9(12,13)14/h1-3H,4H2,(H,18,19). The molecule has 0 spiro atoms. The molecule has 0 unspecified atom stereocenters. The fraction of sp³-hybridized carbons (Fsp3) is 0.300. The van der Waals surface area contributed by atoms with Gasteiger partial charge in [-0.2, -0.15) is 26.3 Å². The molecule has 0 saturated heterocycles. The maximum absolute atomic E-state index is 12.9. The highest BCUT2D eigenvalue weighted by Crippen LogP contribution is 2.31. The molecule has 112 valence electrons. The lowest BCUT2D eigenvalue weighted by molar-refractivity contribution is -0.184. The molecule has 1 rings (SSSR count). The van der Waals surface area contributed by atoms with Gasteiger partial charge in [0.2, 0.25) is 0 Å². The van der Waals surface area contributed by atoms with E-state index in [1.54, 1.807) is 0 Å². The van der Waals surface area contributed by atoms with E-state index >= 15 is 0 Å². The monoisotopic (exact) mass is 305 g/mol. The molecule has 0 aliphatic heterocycles. The largest absolute Gasteiger partial charge is 0.419 e. The van der Waals surface area contributed by atoms with Crippen molar-refractivity contribution in [3.63, 3.8) is 0 Å². The fourth-order valence-corrected chi connectivity index (χ4v) is 1.13. The number of hydroxylamine groups is 1. The summed E-state index contributed by atoms with van der Waals surface area (Å²) < 4.78 is 85.1. The Bertz CT molecular complexity index is 495. The van der Waals surface area contributed by atoms with Gasteiger partial charge in [-0.3, -0.25) is 9.63 Å². The number of nitrogens with one attached hydrogen (secondary N) is 1. The smallest absolute Gasteiger partial charge is 0.267 e. The minimum atomic E-state index is -5.03. The summed E-state index contributed by atoms with van der Waals surface area (Å²) in [5.74, 6) is -2.97. The van der Waals surface area contributed by atoms with Crippen LogP contribution in [-0.2, 0) is 11.0 Å². The van der Waals surface area contributed by atoms with Crippen LogP contribution in [0.25, 0.3) is 0 Å². The molecule has 0 saturated carbocycles. The number of carbonyl (C=O) groups excluding carboxylic acids is 1. The van der Waals surface area contributed by atoms with E-state index in [1.807, 2.05) is 0 Å². The predicted molar refractivity (Wildman–Crippen MR) is 50.9 cm³/mol. The maximum Gasteiger partial charge on any atom is 0.419 e. The zero-order valence-corrected chi connectivity index (χ0v) is 9.40. The van der Waals surface area contributed by atoms with E-state index in [1.165, 1.54) is 5.48 Å². The second kappa shape index (κ2) is 5.65. The Kier molecular flexibility index (Phi) is 4.58. The van der Waals surface area contributed by atoms with Crippen LogP contribution < -0.4 is 5.48 Å². The number of hydrogen-bond acceptors (Lipinski definition) is 2. The van der Waals surface area contributed by atoms with Crippen molar-refractivity contribution < 1.29 is 40.4 Å². The number of alkyl halides is 6. The first kappa shape index (κ1) is 16.2. The molecule has 0 aliphatic carbocycles. The van der Waals surface area contributed by atoms with Gasteiger partial charge in [0.15, 0.2) is 6.61 Å². The van der Waals surface area contributed by atoms with Crippen molar-refractivity contribution in [3.8, 4) is 0 Å². The minimum absolute atomic E-state index is 0.168. The van der Waals surface area contributed by atoms with Crippen LogP contribution >= 0.6 is 0 Å². The van der Waals surface area contributed by atoms with Crippen LogP contribution in [0.5, 0.6) is 0 Å². The van der Waals surface area contributed by atoms with Crippen LogP contribution in [0, 0.1) is 5.82 Å². The van der Waals surface area contributed by atoms with Gasteiger partial charge in [0, 0.05) is 5.56 Å². The number of hydrogen-bond donors (Lipinski definition) is 1. The third kappa shape index (κ3) is 4.68. The summed E-state index contributed by atoms with van der Waals surface area (Å²) >= 11 is 0. The van der Waals surface area contributed by atoms with Crippen molar-refractivity contribution in [2.45, 2.75) is 12.4 Å². The maximum atomic E-state index is 12.9. The van der Waals surface area contributed by atoms with Crippen LogP contribution in [0.4, 0.5) is 30.7 Å². The molecule has 0 heterocycles. The second-order valence-electron chi connectivity index (χ2n) is 3.53.